The third kappa shape index (κ3) is 22.4. The van der Waals surface area contributed by atoms with E-state index in [1.807, 2.05) is 60.6 Å². The number of ketones is 1. The van der Waals surface area contributed by atoms with Gasteiger partial charge in [-0.3, -0.25) is 19.2 Å². The van der Waals surface area contributed by atoms with Crippen molar-refractivity contribution in [3.8, 4) is 0 Å². The minimum Gasteiger partial charge on any atom is -0.465 e. The molecule has 2 N–H and O–H groups in total. The van der Waals surface area contributed by atoms with Gasteiger partial charge in [0, 0.05) is 31.3 Å². The first-order valence-corrected chi connectivity index (χ1v) is 19.9. The summed E-state index contributed by atoms with van der Waals surface area (Å²) in [6, 6.07) is 18.2. The number of carbonyl (C=O) groups excluding carboxylic acids is 6. The smallest absolute Gasteiger partial charge is 0.338 e. The van der Waals surface area contributed by atoms with Crippen LogP contribution >= 0.6 is 0 Å². The molecule has 3 aromatic rings. The number of Topliss-reactive ketones (excluding diaryl/α,β-unsaturated/α-hetero) is 1. The van der Waals surface area contributed by atoms with Crippen LogP contribution in [0.25, 0.3) is 0 Å². The van der Waals surface area contributed by atoms with Gasteiger partial charge < -0.3 is 29.6 Å². The van der Waals surface area contributed by atoms with Gasteiger partial charge in [-0.25, -0.2) is 9.59 Å². The number of nitrogens with one attached hydrogen (secondary N) is 2. The van der Waals surface area contributed by atoms with Crippen LogP contribution in [0.4, 0.5) is 5.69 Å². The minimum absolute atomic E-state index is 0.0299. The zero-order valence-corrected chi connectivity index (χ0v) is 37.8. The van der Waals surface area contributed by atoms with E-state index in [-0.39, 0.29) is 39.4 Å². The minimum atomic E-state index is -0.799. The lowest BCUT2D eigenvalue weighted by Gasteiger charge is -2.18. The summed E-state index contributed by atoms with van der Waals surface area (Å²) in [5.41, 5.74) is 3.66. The summed E-state index contributed by atoms with van der Waals surface area (Å²) in [6.45, 7) is 22.1. The second-order valence-corrected chi connectivity index (χ2v) is 15.8. The van der Waals surface area contributed by atoms with Crippen LogP contribution in [0.3, 0.4) is 0 Å². The molecule has 326 valence electrons. The van der Waals surface area contributed by atoms with Crippen LogP contribution in [-0.2, 0) is 41.4 Å². The molecule has 59 heavy (non-hydrogen) atoms. The van der Waals surface area contributed by atoms with Gasteiger partial charge in [0.2, 0.25) is 6.41 Å². The number of carbonyl (C=O) groups is 6. The highest BCUT2D eigenvalue weighted by atomic mass is 16.6. The highest BCUT2D eigenvalue weighted by Gasteiger charge is 2.25. The average molecular weight is 821 g/mol. The Morgan fingerprint density at radius 2 is 1.15 bits per heavy atom. The molecule has 0 radical (unpaired) electrons. The Bertz CT molecular complexity index is 1770. The van der Waals surface area contributed by atoms with Crippen molar-refractivity contribution >= 4 is 41.7 Å². The predicted molar refractivity (Wildman–Crippen MR) is 233 cm³/mol. The lowest BCUT2D eigenvalue weighted by atomic mass is 9.95. The molecule has 0 saturated heterocycles. The fourth-order valence-electron chi connectivity index (χ4n) is 4.82. The molecule has 0 aliphatic heterocycles. The van der Waals surface area contributed by atoms with Gasteiger partial charge in [0.15, 0.2) is 5.78 Å². The average Bonchev–Trinajstić information content (AvgIpc) is 3.17. The van der Waals surface area contributed by atoms with Crippen LogP contribution in [-0.4, -0.2) is 75.1 Å². The third-order valence-corrected chi connectivity index (χ3v) is 8.12. The van der Waals surface area contributed by atoms with Crippen molar-refractivity contribution in [3.05, 3.63) is 99.6 Å². The van der Waals surface area contributed by atoms with E-state index < -0.39 is 23.6 Å². The van der Waals surface area contributed by atoms with Gasteiger partial charge in [0.05, 0.1) is 36.5 Å². The van der Waals surface area contributed by atoms with Gasteiger partial charge in [-0.05, 0) is 115 Å². The van der Waals surface area contributed by atoms with Crippen molar-refractivity contribution in [1.29, 1.82) is 0 Å². The Hall–Kier alpha value is -5.36. The second-order valence-electron chi connectivity index (χ2n) is 15.8. The zero-order valence-electron chi connectivity index (χ0n) is 37.8. The van der Waals surface area contributed by atoms with E-state index in [1.165, 1.54) is 30.2 Å². The first kappa shape index (κ1) is 53.6. The van der Waals surface area contributed by atoms with Crippen molar-refractivity contribution in [2.45, 2.75) is 125 Å². The Morgan fingerprint density at radius 3 is 1.56 bits per heavy atom. The van der Waals surface area contributed by atoms with Crippen LogP contribution in [0.2, 0.25) is 0 Å². The Kier molecular flexibility index (Phi) is 24.9. The first-order chi connectivity index (χ1) is 27.6. The number of ether oxygens (including phenoxy) is 4. The maximum Gasteiger partial charge on any atom is 0.338 e. The monoisotopic (exact) mass is 820 g/mol. The summed E-state index contributed by atoms with van der Waals surface area (Å²) < 4.78 is 19.4. The van der Waals surface area contributed by atoms with E-state index >= 15 is 0 Å². The lowest BCUT2D eigenvalue weighted by molar-refractivity contribution is -0.154. The Morgan fingerprint density at radius 1 is 0.678 bits per heavy atom. The molecule has 0 aliphatic rings. The summed E-state index contributed by atoms with van der Waals surface area (Å²) in [4.78, 5) is 70.0. The molecule has 0 bridgehead atoms. The van der Waals surface area contributed by atoms with E-state index in [0.29, 0.717) is 24.6 Å². The molecule has 0 aromatic heterocycles. The molecule has 3 aromatic carbocycles. The molecular weight excluding hydrogens is 753 g/mol. The zero-order chi connectivity index (χ0) is 45.3. The largest absolute Gasteiger partial charge is 0.465 e. The normalized spacial score (nSPS) is 10.6. The number of rotatable bonds is 14. The van der Waals surface area contributed by atoms with Crippen LogP contribution < -0.4 is 10.6 Å². The fourth-order valence-corrected chi connectivity index (χ4v) is 4.82. The van der Waals surface area contributed by atoms with Gasteiger partial charge in [0.25, 0.3) is 5.91 Å². The number of benzene rings is 3. The van der Waals surface area contributed by atoms with Gasteiger partial charge >= 0.3 is 17.9 Å². The van der Waals surface area contributed by atoms with Crippen LogP contribution in [0.15, 0.2) is 60.7 Å². The van der Waals surface area contributed by atoms with E-state index in [0.717, 1.165) is 51.9 Å². The quantitative estimate of drug-likeness (QED) is 0.0527. The number of hydrogen-bond donors (Lipinski definition) is 2. The van der Waals surface area contributed by atoms with E-state index in [9.17, 15) is 28.8 Å². The summed E-state index contributed by atoms with van der Waals surface area (Å²) in [5.74, 6) is -2.17. The summed E-state index contributed by atoms with van der Waals surface area (Å²) in [7, 11) is 4.04. The third-order valence-electron chi connectivity index (χ3n) is 8.12. The number of aryl methyl sites for hydroxylation is 1. The molecular formula is C47H68N2O10. The predicted octanol–water partition coefficient (Wildman–Crippen LogP) is 9.33. The molecule has 12 heteroatoms. The fraction of sp³-hybridized carbons (Fsp3) is 0.489. The van der Waals surface area contributed by atoms with E-state index in [1.54, 1.807) is 19.2 Å². The summed E-state index contributed by atoms with van der Waals surface area (Å²) in [5, 5.41) is 5.35. The standard InChI is InChI=1S/C22H23NO6.C12H17NO.C8H16O2.C5H12O/c1-5-6-14-7-9-15(10-8-14)23-20(25)17-12-18(21(26)28-3)16(13(2)24)11-19(17)22(27)29-4;1-10(2)12-5-3-11(4-6-12)7-8-13-9-14;1-5-6-7(9)10-8(2,3)4;1-5(2,3)6-4/h7-12H,5-6H2,1-4H3,(H,23,25);3-6,9-10H,7-8H2,1-2H3,(H,13,14);5-6H2,1-4H3;1-4H3. The van der Waals surface area contributed by atoms with E-state index in [2.05, 4.69) is 55.7 Å². The molecule has 0 heterocycles. The maximum absolute atomic E-state index is 12.9. The number of methoxy groups -OCH3 is 3. The summed E-state index contributed by atoms with van der Waals surface area (Å²) in [6.07, 6.45) is 4.95. The first-order valence-electron chi connectivity index (χ1n) is 19.9. The van der Waals surface area contributed by atoms with Crippen LogP contribution in [0.1, 0.15) is 159 Å². The number of esters is 3. The van der Waals surface area contributed by atoms with Gasteiger partial charge in [0.1, 0.15) is 5.60 Å². The molecule has 12 nitrogen and oxygen atoms in total. The number of hydrogen-bond acceptors (Lipinski definition) is 10. The molecule has 0 spiro atoms. The number of amides is 2. The molecule has 0 atom stereocenters. The van der Waals surface area contributed by atoms with Gasteiger partial charge in [-0.15, -0.1) is 0 Å². The van der Waals surface area contributed by atoms with Crippen molar-refractivity contribution in [2.75, 3.05) is 33.2 Å². The van der Waals surface area contributed by atoms with Gasteiger partial charge in [-0.2, -0.15) is 0 Å². The van der Waals surface area contributed by atoms with Crippen molar-refractivity contribution in [3.63, 3.8) is 0 Å². The highest BCUT2D eigenvalue weighted by Crippen LogP contribution is 2.22. The van der Waals surface area contributed by atoms with Crippen molar-refractivity contribution in [2.24, 2.45) is 0 Å². The Labute approximate surface area is 352 Å². The van der Waals surface area contributed by atoms with Crippen LogP contribution in [0.5, 0.6) is 0 Å². The summed E-state index contributed by atoms with van der Waals surface area (Å²) >= 11 is 0. The van der Waals surface area contributed by atoms with Crippen molar-refractivity contribution < 1.29 is 47.7 Å². The molecule has 2 amide bonds. The highest BCUT2D eigenvalue weighted by molar-refractivity contribution is 6.15. The second kappa shape index (κ2) is 27.4. The number of anilines is 1. The SMILES string of the molecule is CC(C)c1ccc(CCNC=O)cc1.CCCC(=O)OC(C)(C)C.CCCc1ccc(NC(=O)c2cc(C(=O)OC)c(C(C)=O)cc2C(=O)OC)cc1.COC(C)(C)C. The Balaban J connectivity index is 0.000000922. The van der Waals surface area contributed by atoms with Crippen LogP contribution in [0, 0.1) is 0 Å². The molecule has 0 unspecified atom stereocenters. The van der Waals surface area contributed by atoms with E-state index in [4.69, 9.17) is 18.9 Å². The molecule has 0 fully saturated rings. The maximum atomic E-state index is 12.9. The van der Waals surface area contributed by atoms with Crippen molar-refractivity contribution in [1.82, 2.24) is 5.32 Å². The molecule has 3 rings (SSSR count). The lowest BCUT2D eigenvalue weighted by Crippen LogP contribution is -2.23. The molecule has 0 aliphatic carbocycles. The van der Waals surface area contributed by atoms with Gasteiger partial charge in [-0.1, -0.05) is 70.5 Å². The topological polar surface area (TPSA) is 163 Å². The molecule has 0 saturated carbocycles.